The van der Waals surface area contributed by atoms with Crippen LogP contribution in [0.25, 0.3) is 0 Å². The highest BCUT2D eigenvalue weighted by atomic mass is 16.1. The van der Waals surface area contributed by atoms with Crippen molar-refractivity contribution in [2.24, 2.45) is 17.3 Å². The number of allylic oxidation sites excluding steroid dienone is 2. The Morgan fingerprint density at radius 2 is 1.20 bits per heavy atom. The van der Waals surface area contributed by atoms with Crippen LogP contribution in [0.1, 0.15) is 137 Å². The number of unbranched alkanes of at least 4 members (excludes halogenated alkanes) is 12. The topological polar surface area (TPSA) is 34.1 Å². The summed E-state index contributed by atoms with van der Waals surface area (Å²) in [6.45, 7) is 10.4. The zero-order valence-electron chi connectivity index (χ0n) is 21.0. The first kappa shape index (κ1) is 29.1. The number of carbonyl (C=O) groups excluding carboxylic acids is 2. The fourth-order valence-corrected chi connectivity index (χ4v) is 4.24. The van der Waals surface area contributed by atoms with Crippen molar-refractivity contribution in [1.82, 2.24) is 0 Å². The fraction of sp³-hybridized carbons (Fsp3) is 0.857. The van der Waals surface area contributed by atoms with Crippen molar-refractivity contribution >= 4 is 12.1 Å². The van der Waals surface area contributed by atoms with Gasteiger partial charge in [0.1, 0.15) is 12.1 Å². The molecule has 0 amide bonds. The van der Waals surface area contributed by atoms with Gasteiger partial charge in [0.15, 0.2) is 0 Å². The summed E-state index contributed by atoms with van der Waals surface area (Å²) in [5, 5.41) is 0. The second-order valence-corrected chi connectivity index (χ2v) is 10.0. The molecule has 0 saturated carbocycles. The summed E-state index contributed by atoms with van der Waals surface area (Å²) in [7, 11) is 0. The first-order valence-corrected chi connectivity index (χ1v) is 13.0. The third-order valence-corrected chi connectivity index (χ3v) is 6.46. The second kappa shape index (κ2) is 18.8. The molecule has 0 saturated heterocycles. The first-order valence-electron chi connectivity index (χ1n) is 13.0. The molecule has 0 aromatic carbocycles. The summed E-state index contributed by atoms with van der Waals surface area (Å²) < 4.78 is 0. The molecule has 0 heterocycles. The Morgan fingerprint density at radius 1 is 0.733 bits per heavy atom. The zero-order chi connectivity index (χ0) is 22.7. The summed E-state index contributed by atoms with van der Waals surface area (Å²) in [4.78, 5) is 24.6. The van der Waals surface area contributed by atoms with E-state index in [0.29, 0.717) is 12.3 Å². The highest BCUT2D eigenvalue weighted by Crippen LogP contribution is 2.35. The number of hydrogen-bond donors (Lipinski definition) is 0. The van der Waals surface area contributed by atoms with Crippen LogP contribution >= 0.6 is 0 Å². The monoisotopic (exact) mass is 420 g/mol. The zero-order valence-corrected chi connectivity index (χ0v) is 21.0. The van der Waals surface area contributed by atoms with Crippen LogP contribution in [0.15, 0.2) is 12.2 Å². The minimum Gasteiger partial charge on any atom is -0.302 e. The van der Waals surface area contributed by atoms with Crippen LogP contribution in [-0.2, 0) is 9.59 Å². The Labute approximate surface area is 188 Å². The highest BCUT2D eigenvalue weighted by Gasteiger charge is 2.40. The van der Waals surface area contributed by atoms with Crippen molar-refractivity contribution in [2.75, 3.05) is 0 Å². The number of hydrogen-bond acceptors (Lipinski definition) is 2. The molecule has 0 bridgehead atoms. The van der Waals surface area contributed by atoms with Gasteiger partial charge < -0.3 is 4.79 Å². The minimum atomic E-state index is -0.759. The van der Waals surface area contributed by atoms with Gasteiger partial charge in [0.25, 0.3) is 0 Å². The van der Waals surface area contributed by atoms with Gasteiger partial charge in [0, 0.05) is 6.42 Å². The standard InChI is InChI=1S/C28H52O2/c1-6-7-8-9-10-11-12-13-14-15-16-17-18-19-20-21-22-28(24-29,26(4)5)27(30)23-25(2)3/h13-14,24-26H,6-12,15-23H2,1-5H3/b14-13-. The van der Waals surface area contributed by atoms with E-state index in [2.05, 4.69) is 32.9 Å². The maximum absolute atomic E-state index is 12.7. The summed E-state index contributed by atoms with van der Waals surface area (Å²) in [6.07, 6.45) is 24.8. The molecule has 176 valence electrons. The van der Waals surface area contributed by atoms with Crippen LogP contribution in [0.2, 0.25) is 0 Å². The van der Waals surface area contributed by atoms with Crippen molar-refractivity contribution in [3.63, 3.8) is 0 Å². The second-order valence-electron chi connectivity index (χ2n) is 10.0. The Hall–Kier alpha value is -0.920. The lowest BCUT2D eigenvalue weighted by Crippen LogP contribution is -2.38. The molecule has 1 atom stereocenters. The maximum atomic E-state index is 12.7. The lowest BCUT2D eigenvalue weighted by molar-refractivity contribution is -0.138. The summed E-state index contributed by atoms with van der Waals surface area (Å²) >= 11 is 0. The van der Waals surface area contributed by atoms with Crippen molar-refractivity contribution in [1.29, 1.82) is 0 Å². The fourth-order valence-electron chi connectivity index (χ4n) is 4.24. The van der Waals surface area contributed by atoms with Crippen LogP contribution < -0.4 is 0 Å². The van der Waals surface area contributed by atoms with Gasteiger partial charge in [0.2, 0.25) is 0 Å². The van der Waals surface area contributed by atoms with Crippen molar-refractivity contribution in [3.05, 3.63) is 12.2 Å². The molecule has 0 aliphatic rings. The molecule has 0 spiro atoms. The van der Waals surface area contributed by atoms with Crippen LogP contribution in [0.5, 0.6) is 0 Å². The molecule has 2 nitrogen and oxygen atoms in total. The molecular weight excluding hydrogens is 368 g/mol. The quantitative estimate of drug-likeness (QED) is 0.0804. The van der Waals surface area contributed by atoms with Gasteiger partial charge in [-0.2, -0.15) is 0 Å². The van der Waals surface area contributed by atoms with Gasteiger partial charge in [-0.05, 0) is 43.9 Å². The van der Waals surface area contributed by atoms with Crippen LogP contribution in [0, 0.1) is 17.3 Å². The summed E-state index contributed by atoms with van der Waals surface area (Å²) in [5.41, 5.74) is -0.759. The maximum Gasteiger partial charge on any atom is 0.146 e. The van der Waals surface area contributed by atoms with Gasteiger partial charge in [-0.3, -0.25) is 4.79 Å². The molecule has 1 unspecified atom stereocenters. The molecule has 0 aliphatic carbocycles. The molecule has 30 heavy (non-hydrogen) atoms. The average Bonchev–Trinajstić information content (AvgIpc) is 2.69. The predicted octanol–water partition coefficient (Wildman–Crippen LogP) is 8.87. The lowest BCUT2D eigenvalue weighted by Gasteiger charge is -2.31. The van der Waals surface area contributed by atoms with Crippen molar-refractivity contribution < 1.29 is 9.59 Å². The Kier molecular flexibility index (Phi) is 18.2. The Bertz CT molecular complexity index is 450. The van der Waals surface area contributed by atoms with Gasteiger partial charge in [-0.25, -0.2) is 0 Å². The van der Waals surface area contributed by atoms with Crippen molar-refractivity contribution in [3.8, 4) is 0 Å². The predicted molar refractivity (Wildman–Crippen MR) is 132 cm³/mol. The largest absolute Gasteiger partial charge is 0.302 e. The van der Waals surface area contributed by atoms with E-state index in [1.54, 1.807) is 0 Å². The number of aldehydes is 1. The van der Waals surface area contributed by atoms with E-state index in [1.165, 1.54) is 77.0 Å². The van der Waals surface area contributed by atoms with E-state index in [4.69, 9.17) is 0 Å². The van der Waals surface area contributed by atoms with E-state index in [-0.39, 0.29) is 11.7 Å². The van der Waals surface area contributed by atoms with Crippen LogP contribution in [-0.4, -0.2) is 12.1 Å². The smallest absolute Gasteiger partial charge is 0.146 e. The Morgan fingerprint density at radius 3 is 1.63 bits per heavy atom. The molecule has 0 radical (unpaired) electrons. The molecule has 2 heteroatoms. The first-order chi connectivity index (χ1) is 14.4. The number of carbonyl (C=O) groups is 2. The molecule has 0 N–H and O–H groups in total. The molecule has 0 aromatic rings. The highest BCUT2D eigenvalue weighted by molar-refractivity contribution is 5.98. The molecule has 0 rings (SSSR count). The molecular formula is C28H52O2. The van der Waals surface area contributed by atoms with E-state index in [1.807, 2.05) is 13.8 Å². The number of Topliss-reactive ketones (excluding diaryl/α,β-unsaturated/α-hetero) is 1. The number of ketones is 1. The molecule has 0 aromatic heterocycles. The normalized spacial score (nSPS) is 14.0. The summed E-state index contributed by atoms with van der Waals surface area (Å²) in [6, 6.07) is 0. The van der Waals surface area contributed by atoms with E-state index in [0.717, 1.165) is 25.5 Å². The minimum absolute atomic E-state index is 0.0874. The summed E-state index contributed by atoms with van der Waals surface area (Å²) in [5.74, 6) is 0.551. The van der Waals surface area contributed by atoms with Crippen LogP contribution in [0.3, 0.4) is 0 Å². The van der Waals surface area contributed by atoms with Crippen molar-refractivity contribution in [2.45, 2.75) is 137 Å². The van der Waals surface area contributed by atoms with E-state index < -0.39 is 5.41 Å². The van der Waals surface area contributed by atoms with Crippen LogP contribution in [0.4, 0.5) is 0 Å². The van der Waals surface area contributed by atoms with E-state index >= 15 is 0 Å². The Balaban J connectivity index is 3.81. The van der Waals surface area contributed by atoms with Gasteiger partial charge >= 0.3 is 0 Å². The third-order valence-electron chi connectivity index (χ3n) is 6.46. The van der Waals surface area contributed by atoms with E-state index in [9.17, 15) is 9.59 Å². The third kappa shape index (κ3) is 13.4. The van der Waals surface area contributed by atoms with Gasteiger partial charge in [-0.15, -0.1) is 0 Å². The van der Waals surface area contributed by atoms with Gasteiger partial charge in [0.05, 0.1) is 5.41 Å². The SMILES string of the molecule is CCCCCCCC/C=C\CCCCCCCCC(C=O)(C(=O)CC(C)C)C(C)C. The van der Waals surface area contributed by atoms with Gasteiger partial charge in [-0.1, -0.05) is 111 Å². The molecule has 0 fully saturated rings. The lowest BCUT2D eigenvalue weighted by atomic mass is 9.69. The number of rotatable bonds is 21. The average molecular weight is 421 g/mol. The molecule has 0 aliphatic heterocycles.